The number of aryl methyl sites for hydroxylation is 1. The highest BCUT2D eigenvalue weighted by Crippen LogP contribution is 2.43. The van der Waals surface area contributed by atoms with Crippen molar-refractivity contribution >= 4 is 16.5 Å². The average molecular weight is 441 g/mol. The Morgan fingerprint density at radius 2 is 1.84 bits per heavy atom. The van der Waals surface area contributed by atoms with Gasteiger partial charge in [-0.25, -0.2) is 15.0 Å². The van der Waals surface area contributed by atoms with Crippen molar-refractivity contribution in [3.63, 3.8) is 0 Å². The molecule has 5 nitrogen and oxygen atoms in total. The van der Waals surface area contributed by atoms with E-state index in [0.717, 1.165) is 58.7 Å². The summed E-state index contributed by atoms with van der Waals surface area (Å²) in [6.07, 6.45) is 4.75. The number of hydrogen-bond donors (Lipinski definition) is 1. The number of nitrogens with one attached hydrogen (secondary N) is 1. The van der Waals surface area contributed by atoms with E-state index in [4.69, 9.17) is 4.98 Å². The largest absolute Gasteiger partial charge is 0.346 e. The smallest absolute Gasteiger partial charge is 0.198 e. The molecule has 1 atom stereocenters. The van der Waals surface area contributed by atoms with Crippen molar-refractivity contribution in [1.82, 2.24) is 20.3 Å². The molecule has 1 aliphatic heterocycles. The van der Waals surface area contributed by atoms with Gasteiger partial charge in [0.2, 0.25) is 0 Å². The van der Waals surface area contributed by atoms with Gasteiger partial charge in [0.05, 0.1) is 16.3 Å². The molecule has 0 aliphatic carbocycles. The maximum absolute atomic E-state index is 5.14. The summed E-state index contributed by atoms with van der Waals surface area (Å²) in [5.74, 6) is 0.163. The molecule has 1 aliphatic rings. The number of anilines is 1. The molecular weight excluding hydrogens is 414 g/mol. The minimum absolute atomic E-state index is 0.163. The minimum Gasteiger partial charge on any atom is -0.346 e. The van der Waals surface area contributed by atoms with Gasteiger partial charge in [0.1, 0.15) is 0 Å². The second-order valence-electron chi connectivity index (χ2n) is 8.19. The van der Waals surface area contributed by atoms with Crippen LogP contribution in [0, 0.1) is 13.3 Å². The predicted molar refractivity (Wildman–Crippen MR) is 131 cm³/mol. The lowest BCUT2D eigenvalue weighted by atomic mass is 9.92. The molecule has 5 rings (SSSR count). The first-order valence-electron chi connectivity index (χ1n) is 11.0. The van der Waals surface area contributed by atoms with Gasteiger partial charge < -0.3 is 10.2 Å². The number of benzene rings is 2. The molecule has 1 fully saturated rings. The molecule has 0 amide bonds. The fourth-order valence-electron chi connectivity index (χ4n) is 4.17. The highest BCUT2D eigenvalue weighted by Gasteiger charge is 2.24. The van der Waals surface area contributed by atoms with E-state index in [2.05, 4.69) is 88.9 Å². The maximum Gasteiger partial charge on any atom is 0.198 e. The molecule has 6 heteroatoms. The van der Waals surface area contributed by atoms with Crippen molar-refractivity contribution in [2.75, 3.05) is 31.1 Å². The minimum atomic E-state index is 0.163. The summed E-state index contributed by atoms with van der Waals surface area (Å²) < 4.78 is 0. The number of piperazine rings is 1. The van der Waals surface area contributed by atoms with E-state index in [0.29, 0.717) is 0 Å². The van der Waals surface area contributed by atoms with Gasteiger partial charge in [-0.15, -0.1) is 0 Å². The summed E-state index contributed by atoms with van der Waals surface area (Å²) in [5.41, 5.74) is 6.59. The topological polar surface area (TPSA) is 53.9 Å². The number of hydrogen-bond acceptors (Lipinski definition) is 6. The lowest BCUT2D eigenvalue weighted by Crippen LogP contribution is -2.43. The van der Waals surface area contributed by atoms with E-state index in [1.165, 1.54) is 11.1 Å². The Bertz CT molecular complexity index is 1200. The van der Waals surface area contributed by atoms with Crippen molar-refractivity contribution < 1.29 is 0 Å². The molecule has 0 spiro atoms. The molecule has 0 unspecified atom stereocenters. The Morgan fingerprint density at radius 1 is 1.03 bits per heavy atom. The zero-order valence-corrected chi connectivity index (χ0v) is 19.2. The van der Waals surface area contributed by atoms with Crippen molar-refractivity contribution in [1.29, 1.82) is 0 Å². The van der Waals surface area contributed by atoms with Crippen molar-refractivity contribution in [3.8, 4) is 21.8 Å². The Morgan fingerprint density at radius 3 is 2.62 bits per heavy atom. The zero-order valence-electron chi connectivity index (χ0n) is 18.4. The quantitative estimate of drug-likeness (QED) is 0.477. The van der Waals surface area contributed by atoms with E-state index in [1.54, 1.807) is 11.3 Å². The average Bonchev–Trinajstić information content (AvgIpc) is 3.30. The highest BCUT2D eigenvalue weighted by molar-refractivity contribution is 7.19. The summed E-state index contributed by atoms with van der Waals surface area (Å²) in [4.78, 5) is 17.5. The van der Waals surface area contributed by atoms with Gasteiger partial charge in [-0.3, -0.25) is 0 Å². The van der Waals surface area contributed by atoms with Crippen LogP contribution in [0.3, 0.4) is 0 Å². The van der Waals surface area contributed by atoms with Crippen LogP contribution in [0.4, 0.5) is 5.13 Å². The first kappa shape index (κ1) is 20.8. The number of aromatic nitrogens is 3. The van der Waals surface area contributed by atoms with Crippen molar-refractivity contribution in [3.05, 3.63) is 83.8 Å². The molecule has 0 bridgehead atoms. The summed E-state index contributed by atoms with van der Waals surface area (Å²) in [5, 5.41) is 4.48. The molecule has 1 saturated heterocycles. The van der Waals surface area contributed by atoms with Crippen LogP contribution in [0.15, 0.2) is 60.8 Å². The Labute approximate surface area is 193 Å². The highest BCUT2D eigenvalue weighted by atomic mass is 32.1. The van der Waals surface area contributed by atoms with Gasteiger partial charge in [0.15, 0.2) is 11.5 Å². The third kappa shape index (κ3) is 4.16. The van der Waals surface area contributed by atoms with Crippen LogP contribution < -0.4 is 10.2 Å². The SMILES string of the molecule is Cc1cccc(-c2nc(N3CCNCC3)sc2-c2n[c]ncc2[C@@H](C)c2ccccc2)c1. The molecule has 0 saturated carbocycles. The fraction of sp³-hybridized carbons (Fsp3) is 0.269. The Kier molecular flexibility index (Phi) is 5.97. The van der Waals surface area contributed by atoms with E-state index < -0.39 is 0 Å². The number of thiazole rings is 1. The lowest BCUT2D eigenvalue weighted by Gasteiger charge is -2.26. The number of rotatable bonds is 5. The second kappa shape index (κ2) is 9.18. The van der Waals surface area contributed by atoms with Gasteiger partial charge in [0, 0.05) is 49.4 Å². The first-order valence-corrected chi connectivity index (χ1v) is 11.8. The van der Waals surface area contributed by atoms with Gasteiger partial charge in [0.25, 0.3) is 0 Å². The molecule has 1 radical (unpaired) electrons. The van der Waals surface area contributed by atoms with Crippen LogP contribution in [-0.4, -0.2) is 41.1 Å². The van der Waals surface area contributed by atoms with E-state index in [9.17, 15) is 0 Å². The van der Waals surface area contributed by atoms with Crippen molar-refractivity contribution in [2.24, 2.45) is 0 Å². The molecule has 161 valence electrons. The Balaban J connectivity index is 1.65. The molecule has 1 N–H and O–H groups in total. The molecule has 4 aromatic rings. The Hall–Kier alpha value is -3.09. The summed E-state index contributed by atoms with van der Waals surface area (Å²) >= 11 is 1.72. The van der Waals surface area contributed by atoms with E-state index in [1.807, 2.05) is 12.3 Å². The van der Waals surface area contributed by atoms with Gasteiger partial charge in [-0.2, -0.15) is 0 Å². The zero-order chi connectivity index (χ0) is 21.9. The summed E-state index contributed by atoms with van der Waals surface area (Å²) in [6, 6.07) is 19.1. The summed E-state index contributed by atoms with van der Waals surface area (Å²) in [6.45, 7) is 8.21. The second-order valence-corrected chi connectivity index (χ2v) is 9.16. The normalized spacial score (nSPS) is 15.0. The molecule has 2 aromatic heterocycles. The standard InChI is InChI=1S/C26H26N5S/c1-18-7-6-10-21(15-18)23-25(32-26(30-23)31-13-11-27-12-14-31)24-22(16-28-17-29-24)19(2)20-8-4-3-5-9-20/h3-10,15-16,19,27H,11-14H2,1-2H3/t19-/m0/s1. The van der Waals surface area contributed by atoms with Crippen LogP contribution in [-0.2, 0) is 0 Å². The monoisotopic (exact) mass is 440 g/mol. The van der Waals surface area contributed by atoms with Crippen LogP contribution in [0.5, 0.6) is 0 Å². The predicted octanol–water partition coefficient (Wildman–Crippen LogP) is 4.94. The lowest BCUT2D eigenvalue weighted by molar-refractivity contribution is 0.588. The van der Waals surface area contributed by atoms with Crippen LogP contribution in [0.25, 0.3) is 21.8 Å². The van der Waals surface area contributed by atoms with Crippen LogP contribution in [0.1, 0.15) is 29.5 Å². The van der Waals surface area contributed by atoms with E-state index in [-0.39, 0.29) is 5.92 Å². The third-order valence-corrected chi connectivity index (χ3v) is 7.10. The summed E-state index contributed by atoms with van der Waals surface area (Å²) in [7, 11) is 0. The van der Waals surface area contributed by atoms with Crippen LogP contribution >= 0.6 is 11.3 Å². The third-order valence-electron chi connectivity index (χ3n) is 5.97. The molecule has 32 heavy (non-hydrogen) atoms. The maximum atomic E-state index is 5.14. The van der Waals surface area contributed by atoms with Crippen LogP contribution in [0.2, 0.25) is 0 Å². The fourth-order valence-corrected chi connectivity index (χ4v) is 5.32. The first-order chi connectivity index (χ1) is 15.7. The van der Waals surface area contributed by atoms with Gasteiger partial charge in [-0.05, 0) is 18.6 Å². The van der Waals surface area contributed by atoms with Crippen molar-refractivity contribution in [2.45, 2.75) is 19.8 Å². The molecule has 3 heterocycles. The van der Waals surface area contributed by atoms with Gasteiger partial charge >= 0.3 is 0 Å². The molecular formula is C26H26N5S. The van der Waals surface area contributed by atoms with E-state index >= 15 is 0 Å². The molecule has 2 aromatic carbocycles. The van der Waals surface area contributed by atoms with Gasteiger partial charge in [-0.1, -0.05) is 72.4 Å². The number of nitrogens with zero attached hydrogens (tertiary/aromatic N) is 4.